The molecule has 92 valence electrons. The second kappa shape index (κ2) is 4.10. The van der Waals surface area contributed by atoms with E-state index in [1.165, 1.54) is 6.07 Å². The zero-order valence-electron chi connectivity index (χ0n) is 9.47. The van der Waals surface area contributed by atoms with Crippen molar-refractivity contribution in [2.24, 2.45) is 0 Å². The first-order valence-electron chi connectivity index (χ1n) is 5.28. The van der Waals surface area contributed by atoms with E-state index in [2.05, 4.69) is 15.9 Å². The summed E-state index contributed by atoms with van der Waals surface area (Å²) < 4.78 is 26.1. The molecule has 1 aliphatic heterocycles. The molecular formula is C11H12BrNO3S. The molecule has 0 N–H and O–H groups in total. The van der Waals surface area contributed by atoms with Crippen LogP contribution in [-0.4, -0.2) is 24.7 Å². The fourth-order valence-corrected chi connectivity index (χ4v) is 4.20. The summed E-state index contributed by atoms with van der Waals surface area (Å²) in [4.78, 5) is 12.2. The van der Waals surface area contributed by atoms with Crippen LogP contribution in [0.25, 0.3) is 0 Å². The molecule has 1 heterocycles. The van der Waals surface area contributed by atoms with Gasteiger partial charge in [-0.05, 0) is 31.5 Å². The minimum atomic E-state index is -3.68. The van der Waals surface area contributed by atoms with Crippen LogP contribution < -0.4 is 0 Å². The number of amides is 1. The smallest absolute Gasteiger partial charge is 0.268 e. The number of carbonyl (C=O) groups is 1. The molecule has 0 aliphatic carbocycles. The molecule has 0 fully saturated rings. The topological polar surface area (TPSA) is 54.5 Å². The Bertz CT molecular complexity index is 582. The molecule has 6 heteroatoms. The number of hydrogen-bond acceptors (Lipinski definition) is 3. The van der Waals surface area contributed by atoms with E-state index in [1.54, 1.807) is 19.1 Å². The van der Waals surface area contributed by atoms with Crippen molar-refractivity contribution in [3.8, 4) is 0 Å². The number of hydrogen-bond donors (Lipinski definition) is 0. The number of benzene rings is 1. The highest BCUT2D eigenvalue weighted by molar-refractivity contribution is 9.10. The lowest BCUT2D eigenvalue weighted by atomic mass is 10.2. The van der Waals surface area contributed by atoms with E-state index in [0.29, 0.717) is 10.9 Å². The average molecular weight is 318 g/mol. The van der Waals surface area contributed by atoms with E-state index < -0.39 is 15.9 Å². The molecule has 1 unspecified atom stereocenters. The molecule has 2 rings (SSSR count). The molecule has 0 saturated heterocycles. The molecule has 0 spiro atoms. The second-order valence-corrected chi connectivity index (χ2v) is 6.70. The number of carbonyl (C=O) groups excluding carboxylic acids is 1. The number of fused-ring (bicyclic) bond motifs is 1. The summed E-state index contributed by atoms with van der Waals surface area (Å²) in [6, 6.07) is 4.37. The maximum atomic E-state index is 12.2. The van der Waals surface area contributed by atoms with Gasteiger partial charge >= 0.3 is 0 Å². The van der Waals surface area contributed by atoms with Crippen LogP contribution in [0.15, 0.2) is 27.6 Å². The van der Waals surface area contributed by atoms with Gasteiger partial charge in [0.2, 0.25) is 0 Å². The molecule has 0 bridgehead atoms. The summed E-state index contributed by atoms with van der Waals surface area (Å²) in [5.41, 5.74) is 0.258. The van der Waals surface area contributed by atoms with E-state index in [1.807, 2.05) is 6.92 Å². The lowest BCUT2D eigenvalue weighted by Crippen LogP contribution is -2.37. The Labute approximate surface area is 109 Å². The van der Waals surface area contributed by atoms with Gasteiger partial charge in [0.15, 0.2) is 0 Å². The average Bonchev–Trinajstić information content (AvgIpc) is 2.46. The predicted octanol–water partition coefficient (Wildman–Crippen LogP) is 2.39. The van der Waals surface area contributed by atoms with Gasteiger partial charge in [-0.2, -0.15) is 0 Å². The van der Waals surface area contributed by atoms with Gasteiger partial charge in [0, 0.05) is 10.5 Å². The molecule has 4 nitrogen and oxygen atoms in total. The van der Waals surface area contributed by atoms with Crippen LogP contribution in [0.1, 0.15) is 30.6 Å². The van der Waals surface area contributed by atoms with Crippen molar-refractivity contribution in [3.05, 3.63) is 28.2 Å². The zero-order valence-corrected chi connectivity index (χ0v) is 11.9. The number of sulfonamides is 1. The maximum absolute atomic E-state index is 12.2. The van der Waals surface area contributed by atoms with Crippen molar-refractivity contribution in [1.82, 2.24) is 4.31 Å². The highest BCUT2D eigenvalue weighted by Crippen LogP contribution is 2.34. The van der Waals surface area contributed by atoms with Crippen molar-refractivity contribution >= 4 is 31.9 Å². The van der Waals surface area contributed by atoms with E-state index in [-0.39, 0.29) is 16.5 Å². The highest BCUT2D eigenvalue weighted by Gasteiger charge is 2.43. The molecule has 17 heavy (non-hydrogen) atoms. The SMILES string of the molecule is CCC(C)N1C(=O)c2ccc(Br)cc2S1(=O)=O. The summed E-state index contributed by atoms with van der Waals surface area (Å²) in [6.45, 7) is 3.59. The van der Waals surface area contributed by atoms with Gasteiger partial charge in [-0.15, -0.1) is 0 Å². The van der Waals surface area contributed by atoms with Crippen molar-refractivity contribution in [2.75, 3.05) is 0 Å². The lowest BCUT2D eigenvalue weighted by molar-refractivity contribution is 0.0837. The third-order valence-electron chi connectivity index (χ3n) is 2.90. The summed E-state index contributed by atoms with van der Waals surface area (Å²) in [7, 11) is -3.68. The fraction of sp³-hybridized carbons (Fsp3) is 0.364. The van der Waals surface area contributed by atoms with Crippen molar-refractivity contribution in [3.63, 3.8) is 0 Å². The molecule has 1 aliphatic rings. The summed E-state index contributed by atoms with van der Waals surface area (Å²) in [5.74, 6) is -0.429. The first-order valence-corrected chi connectivity index (χ1v) is 7.51. The molecule has 0 saturated carbocycles. The fourth-order valence-electron chi connectivity index (χ4n) is 1.82. The van der Waals surface area contributed by atoms with Crippen molar-refractivity contribution < 1.29 is 13.2 Å². The number of rotatable bonds is 2. The quantitative estimate of drug-likeness (QED) is 0.841. The molecule has 1 aromatic carbocycles. The Morgan fingerprint density at radius 2 is 2.06 bits per heavy atom. The van der Waals surface area contributed by atoms with Gasteiger partial charge in [0.1, 0.15) is 4.90 Å². The van der Waals surface area contributed by atoms with Gasteiger partial charge in [-0.1, -0.05) is 22.9 Å². The normalized spacial score (nSPS) is 19.2. The van der Waals surface area contributed by atoms with E-state index in [9.17, 15) is 13.2 Å². The van der Waals surface area contributed by atoms with Crippen LogP contribution >= 0.6 is 15.9 Å². The minimum absolute atomic E-state index is 0.0946. The first kappa shape index (κ1) is 12.6. The standard InChI is InChI=1S/C11H12BrNO3S/c1-3-7(2)13-11(14)9-5-4-8(12)6-10(9)17(13,15)16/h4-7H,3H2,1-2H3. The van der Waals surface area contributed by atoms with Crippen LogP contribution in [0, 0.1) is 0 Å². The molecule has 1 atom stereocenters. The number of nitrogens with zero attached hydrogens (tertiary/aromatic N) is 1. The van der Waals surface area contributed by atoms with Gasteiger partial charge in [0.05, 0.1) is 5.56 Å². The Hall–Kier alpha value is -0.880. The monoisotopic (exact) mass is 317 g/mol. The van der Waals surface area contributed by atoms with Gasteiger partial charge in [-0.3, -0.25) is 4.79 Å². The molecule has 1 aromatic rings. The van der Waals surface area contributed by atoms with Crippen LogP contribution in [0.4, 0.5) is 0 Å². The largest absolute Gasteiger partial charge is 0.269 e. The summed E-state index contributed by atoms with van der Waals surface area (Å²) >= 11 is 3.22. The van der Waals surface area contributed by atoms with Crippen LogP contribution in [-0.2, 0) is 10.0 Å². The van der Waals surface area contributed by atoms with Crippen LogP contribution in [0.3, 0.4) is 0 Å². The predicted molar refractivity (Wildman–Crippen MR) is 67.3 cm³/mol. The lowest BCUT2D eigenvalue weighted by Gasteiger charge is -2.21. The Morgan fingerprint density at radius 3 is 2.65 bits per heavy atom. The molecule has 1 amide bonds. The summed E-state index contributed by atoms with van der Waals surface area (Å²) in [5, 5.41) is 0. The Balaban J connectivity index is 2.65. The Morgan fingerprint density at radius 1 is 1.41 bits per heavy atom. The number of halogens is 1. The third-order valence-corrected chi connectivity index (χ3v) is 5.33. The van der Waals surface area contributed by atoms with Gasteiger partial charge < -0.3 is 0 Å². The summed E-state index contributed by atoms with van der Waals surface area (Å²) in [6.07, 6.45) is 0.597. The second-order valence-electron chi connectivity index (χ2n) is 4.00. The molecular weight excluding hydrogens is 306 g/mol. The maximum Gasteiger partial charge on any atom is 0.269 e. The van der Waals surface area contributed by atoms with E-state index >= 15 is 0 Å². The van der Waals surface area contributed by atoms with Crippen LogP contribution in [0.2, 0.25) is 0 Å². The van der Waals surface area contributed by atoms with Crippen molar-refractivity contribution in [2.45, 2.75) is 31.2 Å². The van der Waals surface area contributed by atoms with E-state index in [0.717, 1.165) is 4.31 Å². The minimum Gasteiger partial charge on any atom is -0.268 e. The van der Waals surface area contributed by atoms with Crippen molar-refractivity contribution in [1.29, 1.82) is 0 Å². The third kappa shape index (κ3) is 1.79. The zero-order chi connectivity index (χ0) is 12.8. The van der Waals surface area contributed by atoms with E-state index in [4.69, 9.17) is 0 Å². The van der Waals surface area contributed by atoms with Gasteiger partial charge in [-0.25, -0.2) is 12.7 Å². The first-order chi connectivity index (χ1) is 7.89. The Kier molecular flexibility index (Phi) is 3.03. The highest BCUT2D eigenvalue weighted by atomic mass is 79.9. The molecule has 0 radical (unpaired) electrons. The van der Waals surface area contributed by atoms with Gasteiger partial charge in [0.25, 0.3) is 15.9 Å². The molecule has 0 aromatic heterocycles. The van der Waals surface area contributed by atoms with Crippen LogP contribution in [0.5, 0.6) is 0 Å².